The second-order valence-corrected chi connectivity index (χ2v) is 4.59. The molecule has 3 heteroatoms. The monoisotopic (exact) mass is 240 g/mol. The summed E-state index contributed by atoms with van der Waals surface area (Å²) < 4.78 is 5.12. The first-order valence-corrected chi connectivity index (χ1v) is 6.18. The van der Waals surface area contributed by atoms with E-state index in [0.717, 1.165) is 5.69 Å². The summed E-state index contributed by atoms with van der Waals surface area (Å²) in [6, 6.07) is 15.1. The van der Waals surface area contributed by atoms with Crippen LogP contribution in [0.25, 0.3) is 0 Å². The number of aromatic nitrogens is 1. The number of anilines is 1. The van der Waals surface area contributed by atoms with Gasteiger partial charge >= 0.3 is 0 Å². The average molecular weight is 240 g/mol. The number of pyridine rings is 1. The number of ether oxygens (including phenoxy) is 1. The molecule has 1 aliphatic carbocycles. The number of hydrogen-bond acceptors (Lipinski definition) is 3. The summed E-state index contributed by atoms with van der Waals surface area (Å²) >= 11 is 0. The second kappa shape index (κ2) is 4.69. The summed E-state index contributed by atoms with van der Waals surface area (Å²) in [6.07, 6.45) is 2.95. The zero-order chi connectivity index (χ0) is 12.4. The van der Waals surface area contributed by atoms with Crippen LogP contribution >= 0.6 is 0 Å². The first-order chi connectivity index (χ1) is 8.86. The maximum atomic E-state index is 5.12. The summed E-state index contributed by atoms with van der Waals surface area (Å²) in [4.78, 5) is 4.10. The van der Waals surface area contributed by atoms with Crippen LogP contribution in [0.3, 0.4) is 0 Å². The van der Waals surface area contributed by atoms with Gasteiger partial charge in [0.05, 0.1) is 7.11 Å². The largest absolute Gasteiger partial charge is 0.481 e. The molecule has 0 radical (unpaired) electrons. The lowest BCUT2D eigenvalue weighted by molar-refractivity contribution is 0.398. The van der Waals surface area contributed by atoms with Crippen LogP contribution in [0.1, 0.15) is 17.9 Å². The normalized spacial score (nSPS) is 21.4. The van der Waals surface area contributed by atoms with Crippen LogP contribution in [-0.2, 0) is 0 Å². The van der Waals surface area contributed by atoms with E-state index in [2.05, 4.69) is 40.6 Å². The Morgan fingerprint density at radius 2 is 2.06 bits per heavy atom. The molecule has 1 N–H and O–H groups in total. The van der Waals surface area contributed by atoms with E-state index in [1.807, 2.05) is 12.1 Å². The summed E-state index contributed by atoms with van der Waals surface area (Å²) in [5.41, 5.74) is 2.49. The highest BCUT2D eigenvalue weighted by atomic mass is 16.5. The maximum absolute atomic E-state index is 5.12. The fourth-order valence-electron chi connectivity index (χ4n) is 2.25. The minimum absolute atomic E-state index is 0.527. The third kappa shape index (κ3) is 2.30. The molecule has 1 heterocycles. The fourth-order valence-corrected chi connectivity index (χ4v) is 2.25. The SMILES string of the molecule is COc1cc(NC2CC2c2ccccc2)ccn1. The van der Waals surface area contributed by atoms with Gasteiger partial charge in [0.25, 0.3) is 0 Å². The molecular formula is C15H16N2O. The molecule has 2 aromatic rings. The molecule has 0 bridgehead atoms. The lowest BCUT2D eigenvalue weighted by atomic mass is 10.1. The standard InChI is InChI=1S/C15H16N2O/c1-18-15-9-12(7-8-16-15)17-14-10-13(14)11-5-3-2-4-6-11/h2-9,13-14H,10H2,1H3,(H,16,17). The summed E-state index contributed by atoms with van der Waals surface area (Å²) in [5.74, 6) is 1.28. The van der Waals surface area contributed by atoms with Gasteiger partial charge in [-0.15, -0.1) is 0 Å². The minimum atomic E-state index is 0.527. The van der Waals surface area contributed by atoms with E-state index in [1.54, 1.807) is 13.3 Å². The third-order valence-electron chi connectivity index (χ3n) is 3.31. The fraction of sp³-hybridized carbons (Fsp3) is 0.267. The highest BCUT2D eigenvalue weighted by Crippen LogP contribution is 2.42. The predicted molar refractivity (Wildman–Crippen MR) is 72.0 cm³/mol. The zero-order valence-electron chi connectivity index (χ0n) is 10.3. The molecule has 18 heavy (non-hydrogen) atoms. The first-order valence-electron chi connectivity index (χ1n) is 6.18. The van der Waals surface area contributed by atoms with Gasteiger partial charge in [-0.25, -0.2) is 4.98 Å². The van der Waals surface area contributed by atoms with Crippen LogP contribution < -0.4 is 10.1 Å². The molecule has 92 valence electrons. The number of benzene rings is 1. The minimum Gasteiger partial charge on any atom is -0.481 e. The highest BCUT2D eigenvalue weighted by molar-refractivity contribution is 5.49. The number of hydrogen-bond donors (Lipinski definition) is 1. The van der Waals surface area contributed by atoms with Crippen LogP contribution in [0, 0.1) is 0 Å². The van der Waals surface area contributed by atoms with Crippen molar-refractivity contribution in [2.45, 2.75) is 18.4 Å². The summed E-state index contributed by atoms with van der Waals surface area (Å²) in [7, 11) is 1.63. The van der Waals surface area contributed by atoms with Crippen molar-refractivity contribution in [3.05, 3.63) is 54.2 Å². The Hall–Kier alpha value is -2.03. The number of nitrogens with zero attached hydrogens (tertiary/aromatic N) is 1. The topological polar surface area (TPSA) is 34.1 Å². The van der Waals surface area contributed by atoms with E-state index in [4.69, 9.17) is 4.74 Å². The molecule has 3 rings (SSSR count). The van der Waals surface area contributed by atoms with E-state index >= 15 is 0 Å². The zero-order valence-corrected chi connectivity index (χ0v) is 10.3. The van der Waals surface area contributed by atoms with E-state index in [0.29, 0.717) is 17.8 Å². The Morgan fingerprint density at radius 1 is 1.22 bits per heavy atom. The van der Waals surface area contributed by atoms with Crippen LogP contribution in [0.4, 0.5) is 5.69 Å². The van der Waals surface area contributed by atoms with Crippen LogP contribution in [0.5, 0.6) is 5.88 Å². The van der Waals surface area contributed by atoms with E-state index in [-0.39, 0.29) is 0 Å². The van der Waals surface area contributed by atoms with Gasteiger partial charge in [0, 0.05) is 29.9 Å². The third-order valence-corrected chi connectivity index (χ3v) is 3.31. The molecule has 0 spiro atoms. The quantitative estimate of drug-likeness (QED) is 0.891. The second-order valence-electron chi connectivity index (χ2n) is 4.59. The lowest BCUT2D eigenvalue weighted by Gasteiger charge is -2.07. The number of nitrogens with one attached hydrogen (secondary N) is 1. The van der Waals surface area contributed by atoms with E-state index in [1.165, 1.54) is 12.0 Å². The molecule has 0 saturated heterocycles. The van der Waals surface area contributed by atoms with Gasteiger partial charge in [0.15, 0.2) is 0 Å². The Kier molecular flexibility index (Phi) is 2.89. The van der Waals surface area contributed by atoms with E-state index < -0.39 is 0 Å². The van der Waals surface area contributed by atoms with Gasteiger partial charge < -0.3 is 10.1 Å². The molecule has 0 amide bonds. The van der Waals surface area contributed by atoms with Gasteiger partial charge in [-0.1, -0.05) is 30.3 Å². The van der Waals surface area contributed by atoms with Crippen LogP contribution in [0.15, 0.2) is 48.7 Å². The Labute approximate surface area is 107 Å². The first kappa shape index (κ1) is 11.1. The van der Waals surface area contributed by atoms with Gasteiger partial charge in [-0.2, -0.15) is 0 Å². The molecule has 1 aromatic heterocycles. The van der Waals surface area contributed by atoms with Gasteiger partial charge in [0.1, 0.15) is 0 Å². The maximum Gasteiger partial charge on any atom is 0.214 e. The Morgan fingerprint density at radius 3 is 2.83 bits per heavy atom. The molecule has 1 saturated carbocycles. The summed E-state index contributed by atoms with van der Waals surface area (Å²) in [6.45, 7) is 0. The van der Waals surface area contributed by atoms with Gasteiger partial charge in [0.2, 0.25) is 5.88 Å². The van der Waals surface area contributed by atoms with Gasteiger partial charge in [-0.3, -0.25) is 0 Å². The molecular weight excluding hydrogens is 224 g/mol. The lowest BCUT2D eigenvalue weighted by Crippen LogP contribution is -2.04. The Bertz CT molecular complexity index is 527. The van der Waals surface area contributed by atoms with Crippen molar-refractivity contribution in [3.8, 4) is 5.88 Å². The molecule has 1 aliphatic rings. The highest BCUT2D eigenvalue weighted by Gasteiger charge is 2.38. The smallest absolute Gasteiger partial charge is 0.214 e. The van der Waals surface area contributed by atoms with Crippen molar-refractivity contribution >= 4 is 5.69 Å². The molecule has 2 atom stereocenters. The molecule has 0 aliphatic heterocycles. The average Bonchev–Trinajstić information content (AvgIpc) is 3.19. The molecule has 3 nitrogen and oxygen atoms in total. The van der Waals surface area contributed by atoms with Crippen molar-refractivity contribution in [3.63, 3.8) is 0 Å². The predicted octanol–water partition coefficient (Wildman–Crippen LogP) is 3.06. The molecule has 1 fully saturated rings. The number of rotatable bonds is 4. The number of methoxy groups -OCH3 is 1. The molecule has 1 aromatic carbocycles. The van der Waals surface area contributed by atoms with Gasteiger partial charge in [-0.05, 0) is 18.1 Å². The molecule has 2 unspecified atom stereocenters. The van der Waals surface area contributed by atoms with Crippen LogP contribution in [0.2, 0.25) is 0 Å². The summed E-state index contributed by atoms with van der Waals surface area (Å²) in [5, 5.41) is 3.52. The van der Waals surface area contributed by atoms with Crippen molar-refractivity contribution in [1.82, 2.24) is 4.98 Å². The van der Waals surface area contributed by atoms with Crippen molar-refractivity contribution in [2.24, 2.45) is 0 Å². The van der Waals surface area contributed by atoms with Crippen LogP contribution in [-0.4, -0.2) is 18.1 Å². The van der Waals surface area contributed by atoms with Crippen molar-refractivity contribution < 1.29 is 4.74 Å². The Balaban J connectivity index is 1.65. The van der Waals surface area contributed by atoms with Crippen molar-refractivity contribution in [2.75, 3.05) is 12.4 Å². The van der Waals surface area contributed by atoms with Crippen molar-refractivity contribution in [1.29, 1.82) is 0 Å². The van der Waals surface area contributed by atoms with E-state index in [9.17, 15) is 0 Å².